The predicted octanol–water partition coefficient (Wildman–Crippen LogP) is 3.84. The second kappa shape index (κ2) is 4.81. The third kappa shape index (κ3) is 2.54. The van der Waals surface area contributed by atoms with E-state index >= 15 is 0 Å². The summed E-state index contributed by atoms with van der Waals surface area (Å²) in [4.78, 5) is 2.30. The number of alkyl halides is 3. The van der Waals surface area contributed by atoms with Crippen LogP contribution in [0.1, 0.15) is 24.8 Å². The van der Waals surface area contributed by atoms with E-state index in [1.54, 1.807) is 18.2 Å². The number of ether oxygens (including phenoxy) is 1. The van der Waals surface area contributed by atoms with Crippen LogP contribution in [0.25, 0.3) is 5.57 Å². The zero-order chi connectivity index (χ0) is 14.3. The van der Waals surface area contributed by atoms with Crippen LogP contribution in [0.2, 0.25) is 0 Å². The van der Waals surface area contributed by atoms with Crippen molar-refractivity contribution in [2.45, 2.75) is 37.7 Å². The Hall–Kier alpha value is -1.49. The Morgan fingerprint density at radius 3 is 2.65 bits per heavy atom. The van der Waals surface area contributed by atoms with Crippen LogP contribution in [0.15, 0.2) is 30.3 Å². The fourth-order valence-electron chi connectivity index (χ4n) is 3.19. The molecule has 0 aromatic heterocycles. The Morgan fingerprint density at radius 1 is 1.20 bits per heavy atom. The number of para-hydroxylation sites is 1. The molecule has 20 heavy (non-hydrogen) atoms. The van der Waals surface area contributed by atoms with Gasteiger partial charge in [-0.05, 0) is 37.9 Å². The minimum atomic E-state index is -4.65. The molecule has 1 aromatic rings. The molecular formula is C15H16F3NO. The summed E-state index contributed by atoms with van der Waals surface area (Å²) in [5.41, 5.74) is 1.53. The highest BCUT2D eigenvalue weighted by Crippen LogP contribution is 2.40. The van der Waals surface area contributed by atoms with E-state index in [2.05, 4.69) is 22.8 Å². The summed E-state index contributed by atoms with van der Waals surface area (Å²) in [6.07, 6.45) is 0.394. The molecule has 2 unspecified atom stereocenters. The molecule has 3 rings (SSSR count). The van der Waals surface area contributed by atoms with E-state index in [1.807, 2.05) is 0 Å². The first kappa shape index (κ1) is 13.5. The largest absolute Gasteiger partial charge is 0.573 e. The second-order valence-corrected chi connectivity index (χ2v) is 5.40. The lowest BCUT2D eigenvalue weighted by molar-refractivity contribution is -0.274. The number of fused-ring (bicyclic) bond motifs is 2. The minimum Gasteiger partial charge on any atom is -0.405 e. The van der Waals surface area contributed by atoms with Crippen LogP contribution in [0.4, 0.5) is 13.2 Å². The van der Waals surface area contributed by atoms with Crippen LogP contribution in [0, 0.1) is 0 Å². The topological polar surface area (TPSA) is 12.5 Å². The van der Waals surface area contributed by atoms with Crippen LogP contribution < -0.4 is 4.74 Å². The lowest BCUT2D eigenvalue weighted by Gasteiger charge is -2.31. The molecule has 0 amide bonds. The molecule has 5 heteroatoms. The van der Waals surface area contributed by atoms with E-state index in [-0.39, 0.29) is 5.75 Å². The third-order valence-corrected chi connectivity index (χ3v) is 4.20. The van der Waals surface area contributed by atoms with Crippen molar-refractivity contribution in [3.63, 3.8) is 0 Å². The van der Waals surface area contributed by atoms with Gasteiger partial charge in [-0.25, -0.2) is 0 Å². The summed E-state index contributed by atoms with van der Waals surface area (Å²) in [6.45, 7) is 0. The van der Waals surface area contributed by atoms with Crippen molar-refractivity contribution in [3.8, 4) is 5.75 Å². The maximum Gasteiger partial charge on any atom is 0.573 e. The molecule has 0 aliphatic carbocycles. The van der Waals surface area contributed by atoms with Crippen molar-refractivity contribution in [2.75, 3.05) is 7.05 Å². The molecule has 2 nitrogen and oxygen atoms in total. The summed E-state index contributed by atoms with van der Waals surface area (Å²) in [7, 11) is 2.08. The van der Waals surface area contributed by atoms with Gasteiger partial charge in [0.2, 0.25) is 0 Å². The normalized spacial score (nSPS) is 26.5. The molecule has 2 aliphatic rings. The number of benzene rings is 1. The fraction of sp³-hybridized carbons (Fsp3) is 0.467. The third-order valence-electron chi connectivity index (χ3n) is 4.20. The second-order valence-electron chi connectivity index (χ2n) is 5.40. The minimum absolute atomic E-state index is 0.102. The first-order valence-corrected chi connectivity index (χ1v) is 6.72. The molecule has 2 atom stereocenters. The summed E-state index contributed by atoms with van der Waals surface area (Å²) >= 11 is 0. The van der Waals surface area contributed by atoms with Crippen LogP contribution in [0.3, 0.4) is 0 Å². The Kier molecular flexibility index (Phi) is 3.24. The quantitative estimate of drug-likeness (QED) is 0.817. The highest BCUT2D eigenvalue weighted by molar-refractivity contribution is 5.72. The van der Waals surface area contributed by atoms with Gasteiger partial charge in [-0.3, -0.25) is 4.90 Å². The molecule has 0 saturated carbocycles. The van der Waals surface area contributed by atoms with Gasteiger partial charge in [0.05, 0.1) is 0 Å². The highest BCUT2D eigenvalue weighted by Gasteiger charge is 2.36. The number of nitrogens with zero attached hydrogens (tertiary/aromatic N) is 1. The van der Waals surface area contributed by atoms with E-state index in [4.69, 9.17) is 0 Å². The molecule has 2 bridgehead atoms. The number of rotatable bonds is 2. The van der Waals surface area contributed by atoms with E-state index in [1.165, 1.54) is 6.07 Å². The van der Waals surface area contributed by atoms with Gasteiger partial charge in [0.1, 0.15) is 5.75 Å². The molecule has 0 spiro atoms. The molecule has 2 heterocycles. The van der Waals surface area contributed by atoms with Crippen LogP contribution in [0.5, 0.6) is 5.75 Å². The van der Waals surface area contributed by atoms with Crippen LogP contribution in [-0.2, 0) is 0 Å². The van der Waals surface area contributed by atoms with Gasteiger partial charge in [0, 0.05) is 17.6 Å². The molecule has 0 N–H and O–H groups in total. The van der Waals surface area contributed by atoms with E-state index in [0.717, 1.165) is 24.8 Å². The maximum absolute atomic E-state index is 12.5. The maximum atomic E-state index is 12.5. The van der Waals surface area contributed by atoms with Gasteiger partial charge < -0.3 is 4.74 Å². The Morgan fingerprint density at radius 2 is 1.95 bits per heavy atom. The molecule has 1 fully saturated rings. The first-order chi connectivity index (χ1) is 9.44. The monoisotopic (exact) mass is 283 g/mol. The van der Waals surface area contributed by atoms with Gasteiger partial charge >= 0.3 is 6.36 Å². The smallest absolute Gasteiger partial charge is 0.405 e. The van der Waals surface area contributed by atoms with Gasteiger partial charge in [-0.2, -0.15) is 0 Å². The molecule has 1 saturated heterocycles. The lowest BCUT2D eigenvalue weighted by Crippen LogP contribution is -2.34. The number of halogens is 3. The van der Waals surface area contributed by atoms with Gasteiger partial charge in [-0.15, -0.1) is 13.2 Å². The zero-order valence-electron chi connectivity index (χ0n) is 11.2. The summed E-state index contributed by atoms with van der Waals surface area (Å²) in [5, 5.41) is 0. The predicted molar refractivity (Wildman–Crippen MR) is 70.3 cm³/mol. The number of hydrogen-bond acceptors (Lipinski definition) is 2. The van der Waals surface area contributed by atoms with Gasteiger partial charge in [0.25, 0.3) is 0 Å². The van der Waals surface area contributed by atoms with Crippen molar-refractivity contribution in [3.05, 3.63) is 35.9 Å². The number of hydrogen-bond donors (Lipinski definition) is 0. The van der Waals surface area contributed by atoms with Gasteiger partial charge in [0.15, 0.2) is 0 Å². The summed E-state index contributed by atoms with van der Waals surface area (Å²) in [6, 6.07) is 7.16. The fourth-order valence-corrected chi connectivity index (χ4v) is 3.19. The molecule has 0 radical (unpaired) electrons. The van der Waals surface area contributed by atoms with Crippen LogP contribution >= 0.6 is 0 Å². The van der Waals surface area contributed by atoms with E-state index < -0.39 is 6.36 Å². The molecular weight excluding hydrogens is 267 g/mol. The molecule has 108 valence electrons. The zero-order valence-corrected chi connectivity index (χ0v) is 11.2. The average Bonchev–Trinajstić information content (AvgIpc) is 2.61. The number of likely N-dealkylation sites (N-methyl/N-ethyl adjacent to an activating group) is 1. The van der Waals surface area contributed by atoms with Crippen molar-refractivity contribution < 1.29 is 17.9 Å². The van der Waals surface area contributed by atoms with E-state index in [9.17, 15) is 13.2 Å². The Labute approximate surface area is 115 Å². The van der Waals surface area contributed by atoms with Crippen molar-refractivity contribution in [1.82, 2.24) is 4.90 Å². The molecule has 2 aliphatic heterocycles. The standard InChI is InChI=1S/C15H16F3NO/c1-19-11-6-7-12(19)9-10(8-11)13-4-2-3-5-14(13)20-15(16,17)18/h2-5,8,11-12H,6-7,9H2,1H3. The van der Waals surface area contributed by atoms with E-state index in [0.29, 0.717) is 17.6 Å². The van der Waals surface area contributed by atoms with Crippen LogP contribution in [-0.4, -0.2) is 30.4 Å². The Balaban J connectivity index is 1.93. The summed E-state index contributed by atoms with van der Waals surface area (Å²) < 4.78 is 41.5. The summed E-state index contributed by atoms with van der Waals surface area (Å²) in [5.74, 6) is -0.102. The Bertz CT molecular complexity index is 538. The van der Waals surface area contributed by atoms with Gasteiger partial charge in [-0.1, -0.05) is 24.3 Å². The highest BCUT2D eigenvalue weighted by atomic mass is 19.4. The average molecular weight is 283 g/mol. The molecule has 1 aromatic carbocycles. The first-order valence-electron chi connectivity index (χ1n) is 6.72. The van der Waals surface area contributed by atoms with Crippen molar-refractivity contribution >= 4 is 5.57 Å². The SMILES string of the molecule is CN1C2C=C(c3ccccc3OC(F)(F)F)CC1CC2. The van der Waals surface area contributed by atoms with Crippen molar-refractivity contribution in [1.29, 1.82) is 0 Å². The van der Waals surface area contributed by atoms with Crippen molar-refractivity contribution in [2.24, 2.45) is 0 Å². The lowest BCUT2D eigenvalue weighted by atomic mass is 9.94.